The van der Waals surface area contributed by atoms with Crippen molar-refractivity contribution in [3.8, 4) is 0 Å². The van der Waals surface area contributed by atoms with E-state index < -0.39 is 40.2 Å². The predicted octanol–water partition coefficient (Wildman–Crippen LogP) is 3.97. The number of benzene rings is 2. The third-order valence-electron chi connectivity index (χ3n) is 5.98. The predicted molar refractivity (Wildman–Crippen MR) is 133 cm³/mol. The largest absolute Gasteiger partial charge is 0.352 e. The third-order valence-corrected chi connectivity index (χ3v) is 7.61. The van der Waals surface area contributed by atoms with Crippen molar-refractivity contribution in [3.05, 3.63) is 64.1 Å². The van der Waals surface area contributed by atoms with Crippen LogP contribution in [-0.2, 0) is 26.2 Å². The second-order valence-corrected chi connectivity index (χ2v) is 11.5. The van der Waals surface area contributed by atoms with Crippen molar-refractivity contribution in [2.24, 2.45) is 0 Å². The highest BCUT2D eigenvalue weighted by Gasteiger charge is 2.31. The molecule has 7 nitrogen and oxygen atoms in total. The monoisotopic (exact) mass is 571 g/mol. The van der Waals surface area contributed by atoms with Gasteiger partial charge in [0.2, 0.25) is 21.8 Å². The molecule has 2 amide bonds. The first kappa shape index (κ1) is 27.1. The van der Waals surface area contributed by atoms with Crippen LogP contribution in [0.2, 0.25) is 0 Å². The molecule has 2 aromatic rings. The van der Waals surface area contributed by atoms with Crippen LogP contribution in [0.3, 0.4) is 0 Å². The van der Waals surface area contributed by atoms with Crippen LogP contribution in [0.4, 0.5) is 14.5 Å². The molecule has 190 valence electrons. The zero-order valence-corrected chi connectivity index (χ0v) is 21.9. The Hall–Kier alpha value is -2.53. The lowest BCUT2D eigenvalue weighted by Gasteiger charge is -2.32. The number of nitrogens with one attached hydrogen (secondary N) is 1. The fraction of sp³-hybridized carbons (Fsp3) is 0.417. The molecule has 0 radical (unpaired) electrons. The first-order valence-electron chi connectivity index (χ1n) is 11.2. The Morgan fingerprint density at radius 1 is 1.11 bits per heavy atom. The number of sulfonamides is 1. The van der Waals surface area contributed by atoms with Crippen LogP contribution in [0.1, 0.15) is 38.2 Å². The van der Waals surface area contributed by atoms with Crippen molar-refractivity contribution < 1.29 is 26.8 Å². The minimum Gasteiger partial charge on any atom is -0.352 e. The van der Waals surface area contributed by atoms with Gasteiger partial charge in [-0.1, -0.05) is 40.9 Å². The van der Waals surface area contributed by atoms with Crippen LogP contribution in [0.15, 0.2) is 46.9 Å². The smallest absolute Gasteiger partial charge is 0.244 e. The van der Waals surface area contributed by atoms with Gasteiger partial charge in [0.05, 0.1) is 11.9 Å². The maximum Gasteiger partial charge on any atom is 0.244 e. The number of hydrogen-bond donors (Lipinski definition) is 1. The number of carbonyl (C=O) groups is 2. The summed E-state index contributed by atoms with van der Waals surface area (Å²) in [6, 6.07) is 8.94. The van der Waals surface area contributed by atoms with Crippen LogP contribution in [0.5, 0.6) is 0 Å². The molecule has 1 atom stereocenters. The molecule has 3 rings (SSSR count). The highest BCUT2D eigenvalue weighted by molar-refractivity contribution is 9.10. The van der Waals surface area contributed by atoms with Crippen molar-refractivity contribution >= 4 is 43.5 Å². The van der Waals surface area contributed by atoms with Crippen LogP contribution in [0, 0.1) is 11.6 Å². The second kappa shape index (κ2) is 11.5. The highest BCUT2D eigenvalue weighted by Crippen LogP contribution is 2.23. The molecule has 1 fully saturated rings. The third kappa shape index (κ3) is 7.23. The first-order valence-corrected chi connectivity index (χ1v) is 13.9. The van der Waals surface area contributed by atoms with E-state index >= 15 is 0 Å². The van der Waals surface area contributed by atoms with Gasteiger partial charge in [0.1, 0.15) is 12.6 Å². The Balaban J connectivity index is 1.89. The maximum atomic E-state index is 13.8. The minimum atomic E-state index is -4.03. The highest BCUT2D eigenvalue weighted by atomic mass is 79.9. The summed E-state index contributed by atoms with van der Waals surface area (Å²) in [5.74, 6) is -3.37. The maximum absolute atomic E-state index is 13.8. The van der Waals surface area contributed by atoms with E-state index in [4.69, 9.17) is 0 Å². The summed E-state index contributed by atoms with van der Waals surface area (Å²) >= 11 is 3.39. The molecule has 0 heterocycles. The second-order valence-electron chi connectivity index (χ2n) is 8.69. The Morgan fingerprint density at radius 3 is 2.40 bits per heavy atom. The first-order chi connectivity index (χ1) is 16.5. The topological polar surface area (TPSA) is 86.8 Å². The Bertz CT molecular complexity index is 1190. The molecule has 0 saturated heterocycles. The van der Waals surface area contributed by atoms with Crippen molar-refractivity contribution in [2.75, 3.05) is 17.1 Å². The number of amides is 2. The van der Waals surface area contributed by atoms with E-state index in [1.165, 1.54) is 4.90 Å². The lowest BCUT2D eigenvalue weighted by Crippen LogP contribution is -2.52. The van der Waals surface area contributed by atoms with Crippen LogP contribution < -0.4 is 9.62 Å². The standard InChI is InChI=1S/C24H28BrF2N3O4S/c1-16(24(32)28-19-8-3-4-9-19)29(14-17-6-5-7-18(25)12-17)23(31)15-30(35(2,33)34)20-10-11-21(26)22(27)13-20/h5-7,10-13,16,19H,3-4,8-9,14-15H2,1-2H3,(H,28,32)/t16-/m0/s1. The van der Waals surface area contributed by atoms with E-state index in [1.54, 1.807) is 25.1 Å². The summed E-state index contributed by atoms with van der Waals surface area (Å²) in [4.78, 5) is 27.8. The van der Waals surface area contributed by atoms with E-state index in [-0.39, 0.29) is 24.2 Å². The van der Waals surface area contributed by atoms with Gasteiger partial charge in [0, 0.05) is 23.1 Å². The Labute approximate surface area is 212 Å². The van der Waals surface area contributed by atoms with Crippen molar-refractivity contribution in [1.29, 1.82) is 0 Å². The molecule has 11 heteroatoms. The molecule has 1 saturated carbocycles. The average Bonchev–Trinajstić information content (AvgIpc) is 3.29. The SMILES string of the molecule is C[C@@H](C(=O)NC1CCCC1)N(Cc1cccc(Br)c1)C(=O)CN(c1ccc(F)c(F)c1)S(C)(=O)=O. The van der Waals surface area contributed by atoms with Crippen molar-refractivity contribution in [2.45, 2.75) is 51.2 Å². The molecule has 1 aliphatic rings. The zero-order valence-electron chi connectivity index (χ0n) is 19.5. The van der Waals surface area contributed by atoms with Crippen LogP contribution in [0.25, 0.3) is 0 Å². The number of nitrogens with zero attached hydrogens (tertiary/aromatic N) is 2. The molecule has 0 spiro atoms. The summed E-state index contributed by atoms with van der Waals surface area (Å²) in [6.07, 6.45) is 4.66. The fourth-order valence-electron chi connectivity index (χ4n) is 4.06. The molecule has 1 N–H and O–H groups in total. The molecular weight excluding hydrogens is 544 g/mol. The summed E-state index contributed by atoms with van der Waals surface area (Å²) in [7, 11) is -4.03. The van der Waals surface area contributed by atoms with E-state index in [1.807, 2.05) is 6.07 Å². The number of anilines is 1. The molecular formula is C24H28BrF2N3O4S. The van der Waals surface area contributed by atoms with E-state index in [0.717, 1.165) is 60.2 Å². The summed E-state index contributed by atoms with van der Waals surface area (Å²) < 4.78 is 53.7. The quantitative estimate of drug-likeness (QED) is 0.493. The van der Waals surface area contributed by atoms with Crippen molar-refractivity contribution in [1.82, 2.24) is 10.2 Å². The number of carbonyl (C=O) groups excluding carboxylic acids is 2. The van der Waals surface area contributed by atoms with Crippen molar-refractivity contribution in [3.63, 3.8) is 0 Å². The van der Waals surface area contributed by atoms with E-state index in [2.05, 4.69) is 21.2 Å². The molecule has 2 aromatic carbocycles. The van der Waals surface area contributed by atoms with Gasteiger partial charge in [-0.15, -0.1) is 0 Å². The number of hydrogen-bond acceptors (Lipinski definition) is 4. The molecule has 35 heavy (non-hydrogen) atoms. The molecule has 0 bridgehead atoms. The van der Waals surface area contributed by atoms with Gasteiger partial charge >= 0.3 is 0 Å². The lowest BCUT2D eigenvalue weighted by molar-refractivity contribution is -0.139. The van der Waals surface area contributed by atoms with Gasteiger partial charge in [-0.25, -0.2) is 17.2 Å². The Kier molecular flexibility index (Phi) is 8.87. The summed E-state index contributed by atoms with van der Waals surface area (Å²) in [5.41, 5.74) is 0.539. The molecule has 1 aliphatic carbocycles. The normalized spacial score (nSPS) is 15.0. The lowest BCUT2D eigenvalue weighted by atomic mass is 10.1. The van der Waals surface area contributed by atoms with Gasteiger partial charge in [-0.05, 0) is 49.6 Å². The van der Waals surface area contributed by atoms with E-state index in [9.17, 15) is 26.8 Å². The zero-order chi connectivity index (χ0) is 25.8. The average molecular weight is 572 g/mol. The summed E-state index contributed by atoms with van der Waals surface area (Å²) in [6.45, 7) is 0.953. The molecule has 0 unspecified atom stereocenters. The molecule has 0 aliphatic heterocycles. The summed E-state index contributed by atoms with van der Waals surface area (Å²) in [5, 5.41) is 2.97. The van der Waals surface area contributed by atoms with Gasteiger partial charge in [0.15, 0.2) is 11.6 Å². The van der Waals surface area contributed by atoms with E-state index in [0.29, 0.717) is 4.31 Å². The van der Waals surface area contributed by atoms with Gasteiger partial charge in [-0.2, -0.15) is 0 Å². The van der Waals surface area contributed by atoms with Gasteiger partial charge < -0.3 is 10.2 Å². The number of rotatable bonds is 9. The van der Waals surface area contributed by atoms with Crippen LogP contribution >= 0.6 is 15.9 Å². The number of halogens is 3. The minimum absolute atomic E-state index is 0.0440. The van der Waals surface area contributed by atoms with Gasteiger partial charge in [0.25, 0.3) is 0 Å². The molecule has 0 aromatic heterocycles. The van der Waals surface area contributed by atoms with Gasteiger partial charge in [-0.3, -0.25) is 13.9 Å². The fourth-order valence-corrected chi connectivity index (χ4v) is 5.35. The van der Waals surface area contributed by atoms with Crippen LogP contribution in [-0.4, -0.2) is 50.0 Å². The Morgan fingerprint density at radius 2 is 1.80 bits per heavy atom.